The summed E-state index contributed by atoms with van der Waals surface area (Å²) in [7, 11) is 0. The molecule has 0 amide bonds. The summed E-state index contributed by atoms with van der Waals surface area (Å²) in [5.74, 6) is 0. The average molecular weight is 194 g/mol. The smallest absolute Gasteiger partial charge is 0.252 e. The second-order valence-electron chi connectivity index (χ2n) is 2.61. The molecular weight excluding hydrogens is 186 g/mol. The van der Waals surface area contributed by atoms with Crippen LogP contribution in [0.1, 0.15) is 28.4 Å². The summed E-state index contributed by atoms with van der Waals surface area (Å²) in [5, 5.41) is 8.15. The van der Waals surface area contributed by atoms with Gasteiger partial charge in [0.2, 0.25) is 0 Å². The van der Waals surface area contributed by atoms with Gasteiger partial charge in [-0.3, -0.25) is 4.79 Å². The number of carbonyl (C=O) groups excluding carboxylic acids is 1. The Morgan fingerprint density at radius 3 is 2.77 bits per heavy atom. The average Bonchev–Trinajstić information content (AvgIpc) is 2.16. The van der Waals surface area contributed by atoms with Crippen molar-refractivity contribution in [3.63, 3.8) is 0 Å². The predicted octanol–water partition coefficient (Wildman–Crippen LogP) is 2.50. The molecule has 0 aromatic heterocycles. The van der Waals surface area contributed by atoms with Crippen LogP contribution in [0.4, 0.5) is 0 Å². The lowest BCUT2D eigenvalue weighted by Gasteiger charge is -2.02. The van der Waals surface area contributed by atoms with Gasteiger partial charge in [-0.15, -0.1) is 0 Å². The molecule has 0 aliphatic carbocycles. The molecule has 1 rings (SSSR count). The molecule has 3 heteroatoms. The number of rotatable bonds is 2. The first-order chi connectivity index (χ1) is 6.19. The molecule has 1 aromatic rings. The molecule has 1 aromatic carbocycles. The quantitative estimate of drug-likeness (QED) is 0.678. The Balaban J connectivity index is 3.25. The highest BCUT2D eigenvalue weighted by Crippen LogP contribution is 2.14. The second-order valence-corrected chi connectivity index (χ2v) is 2.95. The van der Waals surface area contributed by atoms with Gasteiger partial charge in [0.1, 0.15) is 0 Å². The fourth-order valence-corrected chi connectivity index (χ4v) is 1.33. The molecule has 0 aliphatic rings. The third kappa shape index (κ3) is 2.07. The monoisotopic (exact) mass is 193 g/mol. The molecule has 0 N–H and O–H groups in total. The van der Waals surface area contributed by atoms with Crippen molar-refractivity contribution in [1.29, 1.82) is 5.26 Å². The van der Waals surface area contributed by atoms with Gasteiger partial charge in [-0.25, -0.2) is 0 Å². The Morgan fingerprint density at radius 1 is 1.62 bits per heavy atom. The second kappa shape index (κ2) is 4.06. The zero-order valence-corrected chi connectivity index (χ0v) is 7.93. The molecule has 13 heavy (non-hydrogen) atoms. The van der Waals surface area contributed by atoms with Crippen LogP contribution in [0, 0.1) is 11.3 Å². The van der Waals surface area contributed by atoms with Crippen LogP contribution in [0.3, 0.4) is 0 Å². The van der Waals surface area contributed by atoms with Gasteiger partial charge in [0.25, 0.3) is 5.24 Å². The predicted molar refractivity (Wildman–Crippen MR) is 50.7 cm³/mol. The molecule has 0 bridgehead atoms. The summed E-state index contributed by atoms with van der Waals surface area (Å²) in [4.78, 5) is 10.9. The lowest BCUT2D eigenvalue weighted by Crippen LogP contribution is -1.96. The van der Waals surface area contributed by atoms with Crippen LogP contribution < -0.4 is 0 Å². The van der Waals surface area contributed by atoms with Gasteiger partial charge in [0, 0.05) is 5.56 Å². The third-order valence-electron chi connectivity index (χ3n) is 1.83. The largest absolute Gasteiger partial charge is 0.276 e. The zero-order chi connectivity index (χ0) is 9.84. The van der Waals surface area contributed by atoms with Crippen molar-refractivity contribution in [2.45, 2.75) is 13.3 Å². The van der Waals surface area contributed by atoms with E-state index in [2.05, 4.69) is 0 Å². The van der Waals surface area contributed by atoms with Gasteiger partial charge in [0.15, 0.2) is 0 Å². The van der Waals surface area contributed by atoms with Crippen molar-refractivity contribution in [2.24, 2.45) is 0 Å². The summed E-state index contributed by atoms with van der Waals surface area (Å²) in [5.41, 5.74) is 1.86. The van der Waals surface area contributed by atoms with Crippen molar-refractivity contribution in [1.82, 2.24) is 0 Å². The minimum absolute atomic E-state index is 0.471. The van der Waals surface area contributed by atoms with Crippen LogP contribution in [0.15, 0.2) is 18.2 Å². The van der Waals surface area contributed by atoms with Gasteiger partial charge in [-0.1, -0.05) is 6.92 Å². The van der Waals surface area contributed by atoms with Crippen molar-refractivity contribution < 1.29 is 4.79 Å². The highest BCUT2D eigenvalue weighted by molar-refractivity contribution is 6.67. The number of benzene rings is 1. The number of halogens is 1. The number of aryl methyl sites for hydroxylation is 1. The van der Waals surface area contributed by atoms with Gasteiger partial charge in [-0.05, 0) is 41.8 Å². The maximum Gasteiger partial charge on any atom is 0.252 e. The molecule has 0 saturated carbocycles. The SMILES string of the molecule is CCc1cc(C#N)ccc1C(=O)Cl. The zero-order valence-electron chi connectivity index (χ0n) is 7.17. The standard InChI is InChI=1S/C10H8ClNO/c1-2-8-5-7(6-12)3-4-9(8)10(11)13/h3-5H,2H2,1H3. The van der Waals surface area contributed by atoms with E-state index in [1.54, 1.807) is 18.2 Å². The highest BCUT2D eigenvalue weighted by atomic mass is 35.5. The van der Waals surface area contributed by atoms with Gasteiger partial charge < -0.3 is 0 Å². The molecule has 2 nitrogen and oxygen atoms in total. The number of nitrogens with zero attached hydrogens (tertiary/aromatic N) is 1. The van der Waals surface area contributed by atoms with Crippen molar-refractivity contribution in [3.05, 3.63) is 34.9 Å². The first-order valence-corrected chi connectivity index (χ1v) is 4.29. The molecule has 0 saturated heterocycles. The van der Waals surface area contributed by atoms with E-state index in [1.165, 1.54) is 0 Å². The van der Waals surface area contributed by atoms with Gasteiger partial charge >= 0.3 is 0 Å². The molecule has 0 aliphatic heterocycles. The molecule has 0 fully saturated rings. The fraction of sp³-hybridized carbons (Fsp3) is 0.200. The maximum absolute atomic E-state index is 10.9. The van der Waals surface area contributed by atoms with Crippen LogP contribution in [-0.4, -0.2) is 5.24 Å². The number of hydrogen-bond donors (Lipinski definition) is 0. The molecule has 0 heterocycles. The molecule has 66 valence electrons. The molecule has 0 atom stereocenters. The van der Waals surface area contributed by atoms with Crippen molar-refractivity contribution >= 4 is 16.8 Å². The van der Waals surface area contributed by atoms with Gasteiger partial charge in [0.05, 0.1) is 11.6 Å². The number of carbonyl (C=O) groups is 1. The van der Waals surface area contributed by atoms with Crippen LogP contribution in [0.25, 0.3) is 0 Å². The van der Waals surface area contributed by atoms with E-state index in [1.807, 2.05) is 13.0 Å². The minimum Gasteiger partial charge on any atom is -0.276 e. The van der Waals surface area contributed by atoms with Crippen molar-refractivity contribution in [3.8, 4) is 6.07 Å². The van der Waals surface area contributed by atoms with Crippen LogP contribution >= 0.6 is 11.6 Å². The topological polar surface area (TPSA) is 40.9 Å². The van der Waals surface area contributed by atoms with Crippen LogP contribution in [0.5, 0.6) is 0 Å². The minimum atomic E-state index is -0.471. The van der Waals surface area contributed by atoms with E-state index >= 15 is 0 Å². The first kappa shape index (κ1) is 9.76. The Labute approximate surface area is 81.7 Å². The van der Waals surface area contributed by atoms with Gasteiger partial charge in [-0.2, -0.15) is 5.26 Å². The van der Waals surface area contributed by atoms with E-state index in [0.29, 0.717) is 17.5 Å². The Morgan fingerprint density at radius 2 is 2.31 bits per heavy atom. The summed E-state index contributed by atoms with van der Waals surface area (Å²) < 4.78 is 0. The summed E-state index contributed by atoms with van der Waals surface area (Å²) in [6.07, 6.45) is 0.698. The van der Waals surface area contributed by atoms with Crippen molar-refractivity contribution in [2.75, 3.05) is 0 Å². The normalized spacial score (nSPS) is 9.31. The summed E-state index contributed by atoms with van der Waals surface area (Å²) in [6, 6.07) is 6.89. The van der Waals surface area contributed by atoms with E-state index in [4.69, 9.17) is 16.9 Å². The summed E-state index contributed by atoms with van der Waals surface area (Å²) in [6.45, 7) is 1.92. The molecule has 0 spiro atoms. The molecule has 0 unspecified atom stereocenters. The Bertz CT molecular complexity index is 379. The van der Waals surface area contributed by atoms with Crippen LogP contribution in [-0.2, 0) is 6.42 Å². The lowest BCUT2D eigenvalue weighted by molar-refractivity contribution is 0.108. The fourth-order valence-electron chi connectivity index (χ4n) is 1.15. The van der Waals surface area contributed by atoms with E-state index in [0.717, 1.165) is 5.56 Å². The van der Waals surface area contributed by atoms with E-state index < -0.39 is 5.24 Å². The Hall–Kier alpha value is -1.33. The number of hydrogen-bond acceptors (Lipinski definition) is 2. The highest BCUT2D eigenvalue weighted by Gasteiger charge is 2.07. The Kier molecular flexibility index (Phi) is 3.05. The lowest BCUT2D eigenvalue weighted by atomic mass is 10.0. The first-order valence-electron chi connectivity index (χ1n) is 3.92. The van der Waals surface area contributed by atoms with Crippen LogP contribution in [0.2, 0.25) is 0 Å². The summed E-state index contributed by atoms with van der Waals surface area (Å²) >= 11 is 5.36. The molecular formula is C10H8ClNO. The van der Waals surface area contributed by atoms with E-state index in [-0.39, 0.29) is 0 Å². The molecule has 0 radical (unpaired) electrons. The maximum atomic E-state index is 10.9. The number of nitriles is 1. The third-order valence-corrected chi connectivity index (χ3v) is 2.03. The van der Waals surface area contributed by atoms with E-state index in [9.17, 15) is 4.79 Å².